The van der Waals surface area contributed by atoms with Gasteiger partial charge in [0.15, 0.2) is 0 Å². The predicted molar refractivity (Wildman–Crippen MR) is 122 cm³/mol. The summed E-state index contributed by atoms with van der Waals surface area (Å²) in [5.74, 6) is 0.203. The standard InChI is InChI=1S/C25H23N5O2/c1-16-6-2-4-8-20(16)30-24-19(14-26-30)23(18-10-11-18)27-29(25(24)32)15-22(31)28-13-12-17-7-3-5-9-21(17)28/h2-9,14,18H,10-13,15H2,1H3. The van der Waals surface area contributed by atoms with Crippen molar-refractivity contribution in [3.05, 3.63) is 81.9 Å². The van der Waals surface area contributed by atoms with E-state index in [-0.39, 0.29) is 18.0 Å². The third kappa shape index (κ3) is 2.96. The van der Waals surface area contributed by atoms with E-state index >= 15 is 0 Å². The number of rotatable bonds is 4. The molecule has 7 heteroatoms. The number of carbonyl (C=O) groups excluding carboxylic acids is 1. The van der Waals surface area contributed by atoms with Crippen LogP contribution in [0.1, 0.15) is 35.6 Å². The first-order valence-corrected chi connectivity index (χ1v) is 11.0. The van der Waals surface area contributed by atoms with Gasteiger partial charge in [0.05, 0.1) is 17.6 Å². The maximum Gasteiger partial charge on any atom is 0.293 e. The minimum Gasteiger partial charge on any atom is -0.310 e. The molecule has 0 saturated heterocycles. The third-order valence-corrected chi connectivity index (χ3v) is 6.49. The highest BCUT2D eigenvalue weighted by Crippen LogP contribution is 2.41. The zero-order chi connectivity index (χ0) is 21.8. The Labute approximate surface area is 184 Å². The van der Waals surface area contributed by atoms with Crippen LogP contribution in [0.25, 0.3) is 16.6 Å². The van der Waals surface area contributed by atoms with Gasteiger partial charge in [-0.15, -0.1) is 0 Å². The lowest BCUT2D eigenvalue weighted by atomic mass is 10.1. The number of amides is 1. The number of aromatic nitrogens is 4. The van der Waals surface area contributed by atoms with Gasteiger partial charge in [-0.25, -0.2) is 9.36 Å². The Morgan fingerprint density at radius 1 is 1.06 bits per heavy atom. The van der Waals surface area contributed by atoms with Crippen LogP contribution in [0.3, 0.4) is 0 Å². The highest BCUT2D eigenvalue weighted by molar-refractivity contribution is 5.95. The lowest BCUT2D eigenvalue weighted by Crippen LogP contribution is -2.37. The van der Waals surface area contributed by atoms with Crippen LogP contribution in [0.4, 0.5) is 5.69 Å². The van der Waals surface area contributed by atoms with Crippen LogP contribution in [0.15, 0.2) is 59.5 Å². The Hall–Kier alpha value is -3.74. The van der Waals surface area contributed by atoms with E-state index in [9.17, 15) is 9.59 Å². The van der Waals surface area contributed by atoms with Crippen molar-refractivity contribution < 1.29 is 4.79 Å². The molecule has 32 heavy (non-hydrogen) atoms. The van der Waals surface area contributed by atoms with Crippen LogP contribution in [-0.2, 0) is 17.8 Å². The number of hydrogen-bond acceptors (Lipinski definition) is 4. The molecule has 0 bridgehead atoms. The molecule has 1 amide bonds. The zero-order valence-electron chi connectivity index (χ0n) is 17.9. The zero-order valence-corrected chi connectivity index (χ0v) is 17.9. The van der Waals surface area contributed by atoms with E-state index in [1.807, 2.05) is 55.5 Å². The summed E-state index contributed by atoms with van der Waals surface area (Å²) in [6.45, 7) is 2.55. The largest absolute Gasteiger partial charge is 0.310 e. The van der Waals surface area contributed by atoms with Gasteiger partial charge in [0.25, 0.3) is 5.56 Å². The minimum absolute atomic E-state index is 0.0816. The van der Waals surface area contributed by atoms with Crippen molar-refractivity contribution in [3.8, 4) is 5.69 Å². The third-order valence-electron chi connectivity index (χ3n) is 6.49. The van der Waals surface area contributed by atoms with E-state index in [1.54, 1.807) is 15.8 Å². The minimum atomic E-state index is -0.286. The first-order valence-electron chi connectivity index (χ1n) is 11.0. The highest BCUT2D eigenvalue weighted by atomic mass is 16.2. The number of nitrogens with zero attached hydrogens (tertiary/aromatic N) is 5. The Kier molecular flexibility index (Phi) is 4.24. The van der Waals surface area contributed by atoms with Crippen LogP contribution in [-0.4, -0.2) is 32.0 Å². The van der Waals surface area contributed by atoms with E-state index in [0.717, 1.165) is 52.8 Å². The summed E-state index contributed by atoms with van der Waals surface area (Å²) >= 11 is 0. The van der Waals surface area contributed by atoms with Gasteiger partial charge < -0.3 is 4.90 Å². The van der Waals surface area contributed by atoms with Crippen molar-refractivity contribution in [2.45, 2.75) is 38.6 Å². The van der Waals surface area contributed by atoms with E-state index in [0.29, 0.717) is 18.0 Å². The van der Waals surface area contributed by atoms with Crippen molar-refractivity contribution in [2.24, 2.45) is 0 Å². The van der Waals surface area contributed by atoms with Gasteiger partial charge in [-0.2, -0.15) is 10.2 Å². The summed E-state index contributed by atoms with van der Waals surface area (Å²) < 4.78 is 3.04. The van der Waals surface area contributed by atoms with Crippen molar-refractivity contribution >= 4 is 22.5 Å². The Bertz CT molecular complexity index is 1430. The molecule has 1 saturated carbocycles. The lowest BCUT2D eigenvalue weighted by molar-refractivity contribution is -0.119. The highest BCUT2D eigenvalue weighted by Gasteiger charge is 2.31. The van der Waals surface area contributed by atoms with E-state index in [1.165, 1.54) is 4.68 Å². The second-order valence-corrected chi connectivity index (χ2v) is 8.65. The molecule has 1 aliphatic heterocycles. The molecule has 7 nitrogen and oxygen atoms in total. The first kappa shape index (κ1) is 19.0. The van der Waals surface area contributed by atoms with Gasteiger partial charge in [0.2, 0.25) is 5.91 Å². The molecule has 0 N–H and O–H groups in total. The number of benzene rings is 2. The second kappa shape index (κ2) is 7.15. The molecule has 2 aliphatic rings. The average molecular weight is 425 g/mol. The number of aryl methyl sites for hydroxylation is 1. The van der Waals surface area contributed by atoms with Gasteiger partial charge in [-0.3, -0.25) is 9.59 Å². The molecule has 0 spiro atoms. The fraction of sp³-hybridized carbons (Fsp3) is 0.280. The van der Waals surface area contributed by atoms with Gasteiger partial charge in [-0.1, -0.05) is 36.4 Å². The number of carbonyl (C=O) groups is 1. The Balaban J connectivity index is 1.46. The molecule has 0 atom stereocenters. The van der Waals surface area contributed by atoms with Crippen LogP contribution in [0.5, 0.6) is 0 Å². The van der Waals surface area contributed by atoms with Crippen LogP contribution in [0.2, 0.25) is 0 Å². The number of anilines is 1. The van der Waals surface area contributed by atoms with Gasteiger partial charge in [0, 0.05) is 23.5 Å². The van der Waals surface area contributed by atoms with Crippen molar-refractivity contribution in [2.75, 3.05) is 11.4 Å². The molecule has 1 fully saturated rings. The molecule has 0 unspecified atom stereocenters. The van der Waals surface area contributed by atoms with Crippen molar-refractivity contribution in [3.63, 3.8) is 0 Å². The lowest BCUT2D eigenvalue weighted by Gasteiger charge is -2.18. The maximum atomic E-state index is 13.6. The van der Waals surface area contributed by atoms with E-state index in [4.69, 9.17) is 0 Å². The summed E-state index contributed by atoms with van der Waals surface area (Å²) in [6.07, 6.45) is 4.66. The summed E-state index contributed by atoms with van der Waals surface area (Å²) in [5.41, 5.74) is 5.05. The Morgan fingerprint density at radius 3 is 2.59 bits per heavy atom. The number of hydrogen-bond donors (Lipinski definition) is 0. The van der Waals surface area contributed by atoms with Gasteiger partial charge in [-0.05, 0) is 49.4 Å². The summed E-state index contributed by atoms with van der Waals surface area (Å²) in [6, 6.07) is 15.8. The molecule has 6 rings (SSSR count). The van der Waals surface area contributed by atoms with Gasteiger partial charge >= 0.3 is 0 Å². The molecule has 0 radical (unpaired) electrons. The molecule has 2 aromatic heterocycles. The fourth-order valence-corrected chi connectivity index (χ4v) is 4.65. The van der Waals surface area contributed by atoms with E-state index in [2.05, 4.69) is 10.2 Å². The molecule has 1 aliphatic carbocycles. The van der Waals surface area contributed by atoms with Crippen LogP contribution < -0.4 is 10.5 Å². The first-order chi connectivity index (χ1) is 15.6. The quantitative estimate of drug-likeness (QED) is 0.503. The summed E-state index contributed by atoms with van der Waals surface area (Å²) in [5, 5.41) is 10.0. The average Bonchev–Trinajstić information content (AvgIpc) is 3.39. The summed E-state index contributed by atoms with van der Waals surface area (Å²) in [4.78, 5) is 28.5. The normalized spacial score (nSPS) is 15.3. The van der Waals surface area contributed by atoms with Crippen LogP contribution in [0, 0.1) is 6.92 Å². The van der Waals surface area contributed by atoms with Gasteiger partial charge in [0.1, 0.15) is 12.1 Å². The van der Waals surface area contributed by atoms with Crippen molar-refractivity contribution in [1.29, 1.82) is 0 Å². The van der Waals surface area contributed by atoms with Crippen molar-refractivity contribution in [1.82, 2.24) is 19.6 Å². The molecule has 160 valence electrons. The molecular weight excluding hydrogens is 402 g/mol. The molecule has 4 aromatic rings. The summed E-state index contributed by atoms with van der Waals surface area (Å²) in [7, 11) is 0. The monoisotopic (exact) mass is 425 g/mol. The topological polar surface area (TPSA) is 73.0 Å². The smallest absolute Gasteiger partial charge is 0.293 e. The van der Waals surface area contributed by atoms with Crippen LogP contribution >= 0.6 is 0 Å². The van der Waals surface area contributed by atoms with E-state index < -0.39 is 0 Å². The predicted octanol–water partition coefficient (Wildman–Crippen LogP) is 3.36. The fourth-order valence-electron chi connectivity index (χ4n) is 4.65. The molecular formula is C25H23N5O2. The number of fused-ring (bicyclic) bond motifs is 2. The molecule has 2 aromatic carbocycles. The SMILES string of the molecule is Cc1ccccc1-n1ncc2c(C3CC3)nn(CC(=O)N3CCc4ccccc43)c(=O)c21. The second-order valence-electron chi connectivity index (χ2n) is 8.65. The molecule has 3 heterocycles. The maximum absolute atomic E-state index is 13.6. The number of para-hydroxylation sites is 2. The Morgan fingerprint density at radius 2 is 1.81 bits per heavy atom.